The number of ether oxygens (including phenoxy) is 1. The first-order chi connectivity index (χ1) is 15.9. The minimum Gasteiger partial charge on any atom is -0.497 e. The summed E-state index contributed by atoms with van der Waals surface area (Å²) in [7, 11) is -0.636. The van der Waals surface area contributed by atoms with Crippen LogP contribution < -0.4 is 15.4 Å². The number of rotatable bonds is 8. The number of methoxy groups -OCH3 is 1. The zero-order chi connectivity index (χ0) is 25.3. The molecule has 1 aliphatic heterocycles. The van der Waals surface area contributed by atoms with E-state index in [4.69, 9.17) is 4.74 Å². The van der Waals surface area contributed by atoms with E-state index in [1.807, 2.05) is 0 Å². The summed E-state index contributed by atoms with van der Waals surface area (Å²) in [6, 6.07) is 11.5. The van der Waals surface area contributed by atoms with Crippen LogP contribution in [-0.4, -0.2) is 62.2 Å². The fourth-order valence-electron chi connectivity index (χ4n) is 3.46. The Morgan fingerprint density at radius 3 is 2.24 bits per heavy atom. The van der Waals surface area contributed by atoms with Crippen LogP contribution in [0.15, 0.2) is 53.4 Å². The van der Waals surface area contributed by atoms with Crippen molar-refractivity contribution < 1.29 is 27.5 Å². The van der Waals surface area contributed by atoms with Gasteiger partial charge in [0.25, 0.3) is 5.91 Å². The van der Waals surface area contributed by atoms with Gasteiger partial charge < -0.3 is 15.4 Å². The molecule has 1 aliphatic rings. The number of benzene rings is 2. The molecule has 2 aromatic carbocycles. The molecular weight excluding hydrogens is 460 g/mol. The molecule has 11 heteroatoms. The lowest BCUT2D eigenvalue weighted by atomic mass is 9.92. The Kier molecular flexibility index (Phi) is 6.99. The molecule has 4 amide bonds. The molecule has 10 nitrogen and oxygen atoms in total. The van der Waals surface area contributed by atoms with Gasteiger partial charge in [0.15, 0.2) is 0 Å². The van der Waals surface area contributed by atoms with Gasteiger partial charge in [0.1, 0.15) is 17.8 Å². The number of urea groups is 1. The van der Waals surface area contributed by atoms with Crippen LogP contribution in [0.3, 0.4) is 0 Å². The fraction of sp³-hybridized carbons (Fsp3) is 0.348. The Morgan fingerprint density at radius 2 is 1.71 bits per heavy atom. The Balaban J connectivity index is 1.69. The lowest BCUT2D eigenvalue weighted by Crippen LogP contribution is -2.42. The van der Waals surface area contributed by atoms with Crippen LogP contribution in [0.5, 0.6) is 5.75 Å². The highest BCUT2D eigenvalue weighted by Crippen LogP contribution is 2.30. The molecule has 2 N–H and O–H groups in total. The van der Waals surface area contributed by atoms with Gasteiger partial charge in [-0.15, -0.1) is 0 Å². The van der Waals surface area contributed by atoms with Crippen LogP contribution in [0.4, 0.5) is 10.5 Å². The van der Waals surface area contributed by atoms with Gasteiger partial charge in [-0.2, -0.15) is 4.31 Å². The number of amides is 4. The van der Waals surface area contributed by atoms with E-state index in [2.05, 4.69) is 10.6 Å². The Hall–Kier alpha value is -3.44. The zero-order valence-electron chi connectivity index (χ0n) is 19.7. The number of nitrogens with zero attached hydrogens (tertiary/aromatic N) is 2. The molecule has 1 atom stereocenters. The highest BCUT2D eigenvalue weighted by atomic mass is 32.2. The van der Waals surface area contributed by atoms with Crippen LogP contribution >= 0.6 is 0 Å². The number of sulfonamides is 1. The molecule has 0 radical (unpaired) electrons. The van der Waals surface area contributed by atoms with E-state index in [-0.39, 0.29) is 10.9 Å². The molecule has 0 aliphatic carbocycles. The average molecular weight is 489 g/mol. The molecule has 2 aromatic rings. The molecule has 34 heavy (non-hydrogen) atoms. The Bertz CT molecular complexity index is 1190. The first-order valence-electron chi connectivity index (χ1n) is 10.6. The molecule has 0 aromatic heterocycles. The van der Waals surface area contributed by atoms with Gasteiger partial charge in [0, 0.05) is 18.8 Å². The molecule has 0 unspecified atom stereocenters. The number of carbonyl (C=O) groups is 3. The SMILES string of the molecule is COc1ccc([C@]2(C)NC(=O)N(CC(=O)Nc3ccc(S(=O)(=O)N(C)C(C)C)cc3)C2=O)cc1. The van der Waals surface area contributed by atoms with Gasteiger partial charge in [0.2, 0.25) is 15.9 Å². The number of anilines is 1. The number of imide groups is 1. The monoisotopic (exact) mass is 488 g/mol. The second-order valence-electron chi connectivity index (χ2n) is 8.36. The van der Waals surface area contributed by atoms with Gasteiger partial charge in [-0.1, -0.05) is 12.1 Å². The molecule has 0 spiro atoms. The minimum absolute atomic E-state index is 0.0889. The topological polar surface area (TPSA) is 125 Å². The molecule has 0 bridgehead atoms. The summed E-state index contributed by atoms with van der Waals surface area (Å²) in [6.45, 7) is 4.61. The predicted molar refractivity (Wildman–Crippen MR) is 126 cm³/mol. The van der Waals surface area contributed by atoms with Crippen molar-refractivity contribution >= 4 is 33.6 Å². The van der Waals surface area contributed by atoms with Crippen LogP contribution in [-0.2, 0) is 25.2 Å². The van der Waals surface area contributed by atoms with Crippen molar-refractivity contribution in [1.82, 2.24) is 14.5 Å². The maximum Gasteiger partial charge on any atom is 0.325 e. The van der Waals surface area contributed by atoms with Crippen molar-refractivity contribution in [2.24, 2.45) is 0 Å². The standard InChI is InChI=1S/C23H28N4O6S/c1-15(2)26(4)34(31,32)19-12-8-17(9-13-19)24-20(28)14-27-21(29)23(3,25-22(27)30)16-6-10-18(33-5)11-7-16/h6-13,15H,14H2,1-5H3,(H,24,28)(H,25,30)/t23-/m0/s1. The third-order valence-electron chi connectivity index (χ3n) is 5.79. The molecular formula is C23H28N4O6S. The number of hydrogen-bond acceptors (Lipinski definition) is 6. The van der Waals surface area contributed by atoms with E-state index in [0.29, 0.717) is 17.0 Å². The van der Waals surface area contributed by atoms with Crippen molar-refractivity contribution in [3.63, 3.8) is 0 Å². The lowest BCUT2D eigenvalue weighted by molar-refractivity contribution is -0.133. The van der Waals surface area contributed by atoms with Crippen molar-refractivity contribution in [1.29, 1.82) is 0 Å². The van der Waals surface area contributed by atoms with E-state index in [9.17, 15) is 22.8 Å². The highest BCUT2D eigenvalue weighted by Gasteiger charge is 2.49. The summed E-state index contributed by atoms with van der Waals surface area (Å²) in [5.74, 6) is -0.552. The molecule has 1 heterocycles. The van der Waals surface area contributed by atoms with Gasteiger partial charge in [-0.25, -0.2) is 13.2 Å². The number of nitrogens with one attached hydrogen (secondary N) is 2. The second kappa shape index (κ2) is 9.43. The largest absolute Gasteiger partial charge is 0.497 e. The maximum atomic E-state index is 13.0. The summed E-state index contributed by atoms with van der Waals surface area (Å²) in [5.41, 5.74) is -0.430. The second-order valence-corrected chi connectivity index (χ2v) is 10.4. The van der Waals surface area contributed by atoms with Crippen LogP contribution in [0.2, 0.25) is 0 Å². The van der Waals surface area contributed by atoms with Gasteiger partial charge in [-0.3, -0.25) is 14.5 Å². The van der Waals surface area contributed by atoms with E-state index in [1.54, 1.807) is 45.0 Å². The third-order valence-corrected chi connectivity index (χ3v) is 7.83. The van der Waals surface area contributed by atoms with Gasteiger partial charge in [-0.05, 0) is 62.7 Å². The summed E-state index contributed by atoms with van der Waals surface area (Å²) in [6.07, 6.45) is 0. The number of carbonyl (C=O) groups excluding carboxylic acids is 3. The zero-order valence-corrected chi connectivity index (χ0v) is 20.5. The van der Waals surface area contributed by atoms with Crippen LogP contribution in [0, 0.1) is 0 Å². The van der Waals surface area contributed by atoms with Gasteiger partial charge >= 0.3 is 6.03 Å². The highest BCUT2D eigenvalue weighted by molar-refractivity contribution is 7.89. The van der Waals surface area contributed by atoms with E-state index in [0.717, 1.165) is 4.90 Å². The van der Waals surface area contributed by atoms with Crippen molar-refractivity contribution in [3.8, 4) is 5.75 Å². The van der Waals surface area contributed by atoms with Gasteiger partial charge in [0.05, 0.1) is 12.0 Å². The van der Waals surface area contributed by atoms with Crippen molar-refractivity contribution in [3.05, 3.63) is 54.1 Å². The first-order valence-corrected chi connectivity index (χ1v) is 12.0. The molecule has 1 fully saturated rings. The normalized spacial score (nSPS) is 18.4. The molecule has 3 rings (SSSR count). The van der Waals surface area contributed by atoms with E-state index < -0.39 is 40.0 Å². The number of hydrogen-bond donors (Lipinski definition) is 2. The van der Waals surface area contributed by atoms with Crippen LogP contribution in [0.1, 0.15) is 26.3 Å². The maximum absolute atomic E-state index is 13.0. The smallest absolute Gasteiger partial charge is 0.325 e. The van der Waals surface area contributed by atoms with Crippen LogP contribution in [0.25, 0.3) is 0 Å². The Morgan fingerprint density at radius 1 is 1.12 bits per heavy atom. The van der Waals surface area contributed by atoms with Crippen molar-refractivity contribution in [2.75, 3.05) is 26.0 Å². The van der Waals surface area contributed by atoms with Crippen molar-refractivity contribution in [2.45, 2.75) is 37.2 Å². The quantitative estimate of drug-likeness (QED) is 0.549. The summed E-state index contributed by atoms with van der Waals surface area (Å²) in [5, 5.41) is 5.23. The Labute approximate surface area is 198 Å². The summed E-state index contributed by atoms with van der Waals surface area (Å²) in [4.78, 5) is 39.0. The first kappa shape index (κ1) is 25.2. The summed E-state index contributed by atoms with van der Waals surface area (Å²) < 4.78 is 31.5. The lowest BCUT2D eigenvalue weighted by Gasteiger charge is -2.22. The average Bonchev–Trinajstić information content (AvgIpc) is 3.02. The molecule has 182 valence electrons. The third kappa shape index (κ3) is 4.75. The minimum atomic E-state index is -3.65. The fourth-order valence-corrected chi connectivity index (χ4v) is 4.83. The van der Waals surface area contributed by atoms with E-state index >= 15 is 0 Å². The molecule has 0 saturated carbocycles. The summed E-state index contributed by atoms with van der Waals surface area (Å²) >= 11 is 0. The molecule has 1 saturated heterocycles. The van der Waals surface area contributed by atoms with E-state index in [1.165, 1.54) is 42.7 Å². The predicted octanol–water partition coefficient (Wildman–Crippen LogP) is 2.13.